The van der Waals surface area contributed by atoms with Crippen molar-refractivity contribution in [3.8, 4) is 0 Å². The number of carbonyl (C=O) groups is 1. The lowest BCUT2D eigenvalue weighted by molar-refractivity contribution is -0.135. The fourth-order valence-corrected chi connectivity index (χ4v) is 5.79. The normalized spacial score (nSPS) is 25.8. The Balaban J connectivity index is 1.83. The maximum atomic E-state index is 12.8. The molecule has 0 aromatic carbocycles. The highest BCUT2D eigenvalue weighted by Gasteiger charge is 2.46. The SMILES string of the molecule is CCc1nc(C)c(CC(=O)N2CCN(C)[C@@H]3CS(=O)(=O)C[C@@H]32)c(=O)[nH]1. The molecule has 25 heavy (non-hydrogen) atoms. The van der Waals surface area contributed by atoms with Gasteiger partial charge in [0.05, 0.1) is 24.0 Å². The van der Waals surface area contributed by atoms with Crippen LogP contribution in [0.4, 0.5) is 0 Å². The van der Waals surface area contributed by atoms with Gasteiger partial charge in [-0.2, -0.15) is 0 Å². The number of aryl methyl sites for hydroxylation is 2. The summed E-state index contributed by atoms with van der Waals surface area (Å²) in [6.45, 7) is 4.73. The van der Waals surface area contributed by atoms with Crippen molar-refractivity contribution in [2.45, 2.75) is 38.8 Å². The van der Waals surface area contributed by atoms with Crippen LogP contribution in [0.1, 0.15) is 24.0 Å². The van der Waals surface area contributed by atoms with E-state index in [0.29, 0.717) is 36.6 Å². The van der Waals surface area contributed by atoms with Gasteiger partial charge in [-0.25, -0.2) is 13.4 Å². The van der Waals surface area contributed by atoms with E-state index in [1.165, 1.54) is 0 Å². The number of nitrogens with zero attached hydrogens (tertiary/aromatic N) is 3. The van der Waals surface area contributed by atoms with Crippen molar-refractivity contribution in [3.63, 3.8) is 0 Å². The summed E-state index contributed by atoms with van der Waals surface area (Å²) in [6.07, 6.45) is 0.565. The zero-order chi connectivity index (χ0) is 18.4. The Kier molecular flexibility index (Phi) is 4.72. The molecule has 1 aromatic heterocycles. The first kappa shape index (κ1) is 18.1. The lowest BCUT2D eigenvalue weighted by atomic mass is 10.0. The van der Waals surface area contributed by atoms with Gasteiger partial charge in [0.2, 0.25) is 5.91 Å². The number of aromatic nitrogens is 2. The van der Waals surface area contributed by atoms with Gasteiger partial charge in [-0.15, -0.1) is 0 Å². The summed E-state index contributed by atoms with van der Waals surface area (Å²) in [5.74, 6) is 0.473. The Bertz CT molecular complexity index is 848. The molecule has 0 saturated carbocycles. The van der Waals surface area contributed by atoms with Crippen molar-refractivity contribution in [1.29, 1.82) is 0 Å². The van der Waals surface area contributed by atoms with Crippen LogP contribution in [0, 0.1) is 6.92 Å². The second-order valence-electron chi connectivity index (χ2n) is 6.89. The smallest absolute Gasteiger partial charge is 0.254 e. The molecule has 2 aliphatic rings. The summed E-state index contributed by atoms with van der Waals surface area (Å²) in [4.78, 5) is 35.7. The Morgan fingerprint density at radius 3 is 2.60 bits per heavy atom. The Morgan fingerprint density at radius 2 is 1.96 bits per heavy atom. The van der Waals surface area contributed by atoms with Gasteiger partial charge in [0.15, 0.2) is 9.84 Å². The highest BCUT2D eigenvalue weighted by molar-refractivity contribution is 7.91. The van der Waals surface area contributed by atoms with E-state index in [1.54, 1.807) is 11.8 Å². The van der Waals surface area contributed by atoms with Gasteiger partial charge < -0.3 is 9.88 Å². The highest BCUT2D eigenvalue weighted by Crippen LogP contribution is 2.26. The number of amides is 1. The number of aromatic amines is 1. The number of nitrogens with one attached hydrogen (secondary N) is 1. The number of carbonyl (C=O) groups excluding carboxylic acids is 1. The summed E-state index contributed by atoms with van der Waals surface area (Å²) in [5.41, 5.74) is 0.625. The van der Waals surface area contributed by atoms with Crippen LogP contribution in [-0.4, -0.2) is 77.8 Å². The molecule has 2 aliphatic heterocycles. The molecule has 2 fully saturated rings. The molecular formula is C16H24N4O4S. The molecule has 0 unspecified atom stereocenters. The van der Waals surface area contributed by atoms with Crippen molar-refractivity contribution in [1.82, 2.24) is 19.8 Å². The molecule has 2 atom stereocenters. The number of piperazine rings is 1. The van der Waals surface area contributed by atoms with E-state index in [-0.39, 0.29) is 41.5 Å². The Morgan fingerprint density at radius 1 is 1.28 bits per heavy atom. The first-order valence-corrected chi connectivity index (χ1v) is 10.3. The minimum Gasteiger partial charge on any atom is -0.336 e. The van der Waals surface area contributed by atoms with Gasteiger partial charge in [-0.05, 0) is 14.0 Å². The number of sulfone groups is 1. The van der Waals surface area contributed by atoms with Crippen LogP contribution in [0.3, 0.4) is 0 Å². The van der Waals surface area contributed by atoms with Crippen LogP contribution < -0.4 is 5.56 Å². The maximum Gasteiger partial charge on any atom is 0.254 e. The van der Waals surface area contributed by atoms with Gasteiger partial charge in [0.25, 0.3) is 5.56 Å². The van der Waals surface area contributed by atoms with Crippen LogP contribution in [0.5, 0.6) is 0 Å². The number of rotatable bonds is 3. The lowest BCUT2D eigenvalue weighted by Crippen LogP contribution is -2.59. The molecule has 8 nitrogen and oxygen atoms in total. The zero-order valence-corrected chi connectivity index (χ0v) is 15.6. The van der Waals surface area contributed by atoms with E-state index in [0.717, 1.165) is 0 Å². The van der Waals surface area contributed by atoms with Crippen LogP contribution in [-0.2, 0) is 27.5 Å². The van der Waals surface area contributed by atoms with E-state index in [9.17, 15) is 18.0 Å². The molecule has 0 spiro atoms. The van der Waals surface area contributed by atoms with Crippen LogP contribution >= 0.6 is 0 Å². The van der Waals surface area contributed by atoms with Crippen molar-refractivity contribution < 1.29 is 13.2 Å². The third kappa shape index (κ3) is 3.48. The van der Waals surface area contributed by atoms with E-state index in [4.69, 9.17) is 0 Å². The third-order valence-electron chi connectivity index (χ3n) is 5.21. The molecule has 0 bridgehead atoms. The first-order valence-electron chi connectivity index (χ1n) is 8.50. The van der Waals surface area contributed by atoms with Crippen LogP contribution in [0.15, 0.2) is 4.79 Å². The molecular weight excluding hydrogens is 344 g/mol. The molecule has 3 heterocycles. The molecule has 1 aromatic rings. The van der Waals surface area contributed by atoms with E-state index >= 15 is 0 Å². The monoisotopic (exact) mass is 368 g/mol. The fraction of sp³-hybridized carbons (Fsp3) is 0.688. The number of H-pyrrole nitrogens is 1. The standard InChI is InChI=1S/C16H24N4O4S/c1-4-14-17-10(2)11(16(22)18-14)7-15(21)20-6-5-19(3)12-8-25(23,24)9-13(12)20/h12-13H,4-9H2,1-3H3,(H,17,18,22)/t12-,13+/m1/s1. The minimum atomic E-state index is -3.14. The predicted molar refractivity (Wildman–Crippen MR) is 93.2 cm³/mol. The minimum absolute atomic E-state index is 0.00386. The molecule has 1 amide bonds. The first-order chi connectivity index (χ1) is 11.7. The summed E-state index contributed by atoms with van der Waals surface area (Å²) in [6, 6.07) is -0.499. The van der Waals surface area contributed by atoms with Crippen LogP contribution in [0.25, 0.3) is 0 Å². The number of fused-ring (bicyclic) bond motifs is 1. The Hall–Kier alpha value is -1.74. The maximum absolute atomic E-state index is 12.8. The zero-order valence-electron chi connectivity index (χ0n) is 14.8. The summed E-state index contributed by atoms with van der Waals surface area (Å²) >= 11 is 0. The molecule has 9 heteroatoms. The summed E-state index contributed by atoms with van der Waals surface area (Å²) in [7, 11) is -1.25. The molecule has 0 aliphatic carbocycles. The summed E-state index contributed by atoms with van der Waals surface area (Å²) in [5, 5.41) is 0. The molecule has 2 saturated heterocycles. The summed E-state index contributed by atoms with van der Waals surface area (Å²) < 4.78 is 24.0. The fourth-order valence-electron chi connectivity index (χ4n) is 3.73. The predicted octanol–water partition coefficient (Wildman–Crippen LogP) is -0.877. The second kappa shape index (κ2) is 6.53. The van der Waals surface area contributed by atoms with E-state index in [2.05, 4.69) is 9.97 Å². The van der Waals surface area contributed by atoms with E-state index in [1.807, 2.05) is 18.9 Å². The Labute approximate surface area is 147 Å². The average molecular weight is 368 g/mol. The van der Waals surface area contributed by atoms with Crippen LogP contribution in [0.2, 0.25) is 0 Å². The lowest BCUT2D eigenvalue weighted by Gasteiger charge is -2.42. The van der Waals surface area contributed by atoms with E-state index < -0.39 is 9.84 Å². The quantitative estimate of drug-likeness (QED) is 0.743. The second-order valence-corrected chi connectivity index (χ2v) is 9.04. The molecule has 1 N–H and O–H groups in total. The number of hydrogen-bond donors (Lipinski definition) is 1. The van der Waals surface area contributed by atoms with Gasteiger partial charge in [0.1, 0.15) is 5.82 Å². The van der Waals surface area contributed by atoms with Gasteiger partial charge >= 0.3 is 0 Å². The number of likely N-dealkylation sites (N-methyl/N-ethyl adjacent to an activating group) is 1. The van der Waals surface area contributed by atoms with Gasteiger partial charge in [-0.1, -0.05) is 6.92 Å². The van der Waals surface area contributed by atoms with Gasteiger partial charge in [-0.3, -0.25) is 14.5 Å². The largest absolute Gasteiger partial charge is 0.336 e. The molecule has 3 rings (SSSR count). The van der Waals surface area contributed by atoms with Crippen molar-refractivity contribution in [3.05, 3.63) is 27.4 Å². The number of hydrogen-bond acceptors (Lipinski definition) is 6. The van der Waals surface area contributed by atoms with Crippen molar-refractivity contribution >= 4 is 15.7 Å². The molecule has 0 radical (unpaired) electrons. The highest BCUT2D eigenvalue weighted by atomic mass is 32.2. The molecule has 138 valence electrons. The topological polar surface area (TPSA) is 103 Å². The van der Waals surface area contributed by atoms with Crippen molar-refractivity contribution in [2.75, 3.05) is 31.6 Å². The van der Waals surface area contributed by atoms with Crippen molar-refractivity contribution in [2.24, 2.45) is 0 Å². The average Bonchev–Trinajstić information content (AvgIpc) is 2.86. The third-order valence-corrected chi connectivity index (χ3v) is 6.91. The van der Waals surface area contributed by atoms with Gasteiger partial charge in [0, 0.05) is 36.8 Å².